The van der Waals surface area contributed by atoms with Gasteiger partial charge in [0.1, 0.15) is 11.9 Å². The molecule has 2 aromatic carbocycles. The fourth-order valence-electron chi connectivity index (χ4n) is 2.00. The van der Waals surface area contributed by atoms with Gasteiger partial charge >= 0.3 is 0 Å². The molecule has 21 heavy (non-hydrogen) atoms. The van der Waals surface area contributed by atoms with E-state index in [1.165, 1.54) is 19.2 Å². The number of nitrogens with one attached hydrogen (secondary N) is 1. The Morgan fingerprint density at radius 2 is 2.05 bits per heavy atom. The van der Waals surface area contributed by atoms with E-state index in [0.717, 1.165) is 5.56 Å². The van der Waals surface area contributed by atoms with Gasteiger partial charge in [0.05, 0.1) is 12.7 Å². The zero-order valence-corrected chi connectivity index (χ0v) is 11.7. The van der Waals surface area contributed by atoms with Gasteiger partial charge < -0.3 is 15.2 Å². The lowest BCUT2D eigenvalue weighted by Crippen LogP contribution is -2.07. The molecule has 0 aromatic heterocycles. The van der Waals surface area contributed by atoms with Crippen LogP contribution in [0.4, 0.5) is 10.1 Å². The number of hydrogen-bond acceptors (Lipinski definition) is 4. The van der Waals surface area contributed by atoms with Crippen LogP contribution in [0.15, 0.2) is 36.4 Å². The molecule has 2 N–H and O–H groups in total. The zero-order chi connectivity index (χ0) is 15.4. The molecule has 0 heterocycles. The lowest BCUT2D eigenvalue weighted by atomic mass is 10.1. The molecule has 0 aliphatic carbocycles. The second-order valence-electron chi connectivity index (χ2n) is 4.60. The molecule has 1 atom stereocenters. The van der Waals surface area contributed by atoms with E-state index in [1.807, 2.05) is 6.92 Å². The highest BCUT2D eigenvalue weighted by Crippen LogP contribution is 2.30. The predicted octanol–water partition coefficient (Wildman–Crippen LogP) is 3.58. The topological polar surface area (TPSA) is 65.3 Å². The summed E-state index contributed by atoms with van der Waals surface area (Å²) in [6.45, 7) is 1.92. The predicted molar refractivity (Wildman–Crippen MR) is 77.8 cm³/mol. The smallest absolute Gasteiger partial charge is 0.160 e. The quantitative estimate of drug-likeness (QED) is 0.901. The molecular formula is C16H15FN2O2. The molecule has 0 saturated carbocycles. The van der Waals surface area contributed by atoms with Crippen molar-refractivity contribution in [3.05, 3.63) is 53.3 Å². The third-order valence-corrected chi connectivity index (χ3v) is 3.17. The molecule has 4 nitrogen and oxygen atoms in total. The Bertz CT molecular complexity index is 695. The van der Waals surface area contributed by atoms with E-state index in [1.54, 1.807) is 30.3 Å². The summed E-state index contributed by atoms with van der Waals surface area (Å²) in [5.41, 5.74) is 1.54. The number of nitrogens with zero attached hydrogens (tertiary/aromatic N) is 1. The number of nitriles is 1. The summed E-state index contributed by atoms with van der Waals surface area (Å²) in [7, 11) is 1.48. The summed E-state index contributed by atoms with van der Waals surface area (Å²) < 4.78 is 18.3. The number of phenolic OH excluding ortho intramolecular Hbond substituents is 1. The van der Waals surface area contributed by atoms with Crippen molar-refractivity contribution >= 4 is 5.69 Å². The van der Waals surface area contributed by atoms with Gasteiger partial charge in [0.25, 0.3) is 0 Å². The van der Waals surface area contributed by atoms with Crippen molar-refractivity contribution in [2.45, 2.75) is 13.0 Å². The minimum atomic E-state index is -0.540. The molecule has 0 amide bonds. The van der Waals surface area contributed by atoms with Gasteiger partial charge in [0, 0.05) is 11.7 Å². The number of hydrogen-bond donors (Lipinski definition) is 2. The average Bonchev–Trinajstić information content (AvgIpc) is 2.49. The van der Waals surface area contributed by atoms with Gasteiger partial charge in [-0.3, -0.25) is 0 Å². The van der Waals surface area contributed by atoms with Gasteiger partial charge in [-0.25, -0.2) is 4.39 Å². The maximum absolute atomic E-state index is 13.3. The van der Waals surface area contributed by atoms with Crippen LogP contribution >= 0.6 is 0 Å². The van der Waals surface area contributed by atoms with Crippen molar-refractivity contribution in [1.29, 1.82) is 5.26 Å². The minimum absolute atomic E-state index is 0.00418. The first-order valence-corrected chi connectivity index (χ1v) is 6.38. The third-order valence-electron chi connectivity index (χ3n) is 3.17. The van der Waals surface area contributed by atoms with Crippen LogP contribution < -0.4 is 10.1 Å². The van der Waals surface area contributed by atoms with Gasteiger partial charge in [0.2, 0.25) is 0 Å². The number of methoxy groups -OCH3 is 1. The van der Waals surface area contributed by atoms with E-state index in [0.29, 0.717) is 11.4 Å². The lowest BCUT2D eigenvalue weighted by Gasteiger charge is -2.17. The largest absolute Gasteiger partial charge is 0.504 e. The second-order valence-corrected chi connectivity index (χ2v) is 4.60. The number of aromatic hydroxyl groups is 1. The van der Waals surface area contributed by atoms with E-state index in [2.05, 4.69) is 5.32 Å². The van der Waals surface area contributed by atoms with Gasteiger partial charge in [-0.2, -0.15) is 5.26 Å². The fourth-order valence-corrected chi connectivity index (χ4v) is 2.00. The number of ether oxygens (including phenoxy) is 1. The SMILES string of the molecule is COc1cc(C(C)Nc2ccc(F)c(C#N)c2)ccc1O. The summed E-state index contributed by atoms with van der Waals surface area (Å²) in [5, 5.41) is 21.6. The van der Waals surface area contributed by atoms with E-state index < -0.39 is 5.82 Å². The molecule has 0 radical (unpaired) electrons. The van der Waals surface area contributed by atoms with Crippen LogP contribution in [0.1, 0.15) is 24.1 Å². The van der Waals surface area contributed by atoms with Crippen LogP contribution in [-0.4, -0.2) is 12.2 Å². The first kappa shape index (κ1) is 14.7. The molecule has 2 aromatic rings. The van der Waals surface area contributed by atoms with Gasteiger partial charge in [-0.05, 0) is 42.8 Å². The van der Waals surface area contributed by atoms with E-state index in [-0.39, 0.29) is 17.4 Å². The van der Waals surface area contributed by atoms with Crippen molar-refractivity contribution < 1.29 is 14.2 Å². The second kappa shape index (κ2) is 6.14. The molecule has 108 valence electrons. The lowest BCUT2D eigenvalue weighted by molar-refractivity contribution is 0.373. The zero-order valence-electron chi connectivity index (χ0n) is 11.7. The van der Waals surface area contributed by atoms with Crippen molar-refractivity contribution in [2.75, 3.05) is 12.4 Å². The first-order chi connectivity index (χ1) is 10.0. The molecule has 0 aliphatic heterocycles. The highest BCUT2D eigenvalue weighted by Gasteiger charge is 2.10. The summed E-state index contributed by atoms with van der Waals surface area (Å²) in [6, 6.07) is 11.0. The summed E-state index contributed by atoms with van der Waals surface area (Å²) in [6.07, 6.45) is 0. The monoisotopic (exact) mass is 286 g/mol. The Kier molecular flexibility index (Phi) is 4.29. The third kappa shape index (κ3) is 3.23. The van der Waals surface area contributed by atoms with Crippen LogP contribution in [0.25, 0.3) is 0 Å². The van der Waals surface area contributed by atoms with Crippen molar-refractivity contribution in [3.63, 3.8) is 0 Å². The highest BCUT2D eigenvalue weighted by molar-refractivity contribution is 5.52. The first-order valence-electron chi connectivity index (χ1n) is 6.38. The maximum atomic E-state index is 13.3. The van der Waals surface area contributed by atoms with E-state index in [9.17, 15) is 9.50 Å². The molecular weight excluding hydrogens is 271 g/mol. The molecule has 0 bridgehead atoms. The van der Waals surface area contributed by atoms with Crippen molar-refractivity contribution in [3.8, 4) is 17.6 Å². The number of rotatable bonds is 4. The molecule has 0 spiro atoms. The standard InChI is InChI=1S/C16H15FN2O2/c1-10(11-3-6-15(20)16(8-11)21-2)19-13-4-5-14(17)12(7-13)9-18/h3-8,10,19-20H,1-2H3. The van der Waals surface area contributed by atoms with Gasteiger partial charge in [0.15, 0.2) is 11.5 Å². The molecule has 0 aliphatic rings. The summed E-state index contributed by atoms with van der Waals surface area (Å²) in [5.74, 6) is -0.0815. The molecule has 1 unspecified atom stereocenters. The Morgan fingerprint density at radius 3 is 2.71 bits per heavy atom. The molecule has 2 rings (SSSR count). The molecule has 5 heteroatoms. The van der Waals surface area contributed by atoms with Gasteiger partial charge in [-0.1, -0.05) is 6.07 Å². The number of phenols is 1. The molecule has 0 saturated heterocycles. The van der Waals surface area contributed by atoms with Crippen molar-refractivity contribution in [1.82, 2.24) is 0 Å². The van der Waals surface area contributed by atoms with Gasteiger partial charge in [-0.15, -0.1) is 0 Å². The Labute approximate surface area is 122 Å². The minimum Gasteiger partial charge on any atom is -0.504 e. The van der Waals surface area contributed by atoms with Crippen LogP contribution in [0.2, 0.25) is 0 Å². The van der Waals surface area contributed by atoms with E-state index in [4.69, 9.17) is 10.00 Å². The number of anilines is 1. The fraction of sp³-hybridized carbons (Fsp3) is 0.188. The van der Waals surface area contributed by atoms with E-state index >= 15 is 0 Å². The van der Waals surface area contributed by atoms with Crippen LogP contribution in [-0.2, 0) is 0 Å². The average molecular weight is 286 g/mol. The maximum Gasteiger partial charge on any atom is 0.160 e. The summed E-state index contributed by atoms with van der Waals surface area (Å²) in [4.78, 5) is 0. The normalized spacial score (nSPS) is 11.5. The number of benzene rings is 2. The molecule has 0 fully saturated rings. The van der Waals surface area contributed by atoms with Crippen molar-refractivity contribution in [2.24, 2.45) is 0 Å². The number of halogens is 1. The van der Waals surface area contributed by atoms with Crippen LogP contribution in [0, 0.1) is 17.1 Å². The van der Waals surface area contributed by atoms with Crippen LogP contribution in [0.5, 0.6) is 11.5 Å². The van der Waals surface area contributed by atoms with Crippen LogP contribution in [0.3, 0.4) is 0 Å². The Hall–Kier alpha value is -2.74. The summed E-state index contributed by atoms with van der Waals surface area (Å²) >= 11 is 0. The Balaban J connectivity index is 2.22. The highest BCUT2D eigenvalue weighted by atomic mass is 19.1. The Morgan fingerprint density at radius 1 is 1.29 bits per heavy atom.